The van der Waals surface area contributed by atoms with Gasteiger partial charge in [0.05, 0.1) is 12.7 Å². The first-order valence-electron chi connectivity index (χ1n) is 7.18. The minimum Gasteiger partial charge on any atom is -0.376 e. The Labute approximate surface area is 106 Å². The Kier molecular flexibility index (Phi) is 4.11. The van der Waals surface area contributed by atoms with Gasteiger partial charge in [-0.25, -0.2) is 0 Å². The van der Waals surface area contributed by atoms with Crippen molar-refractivity contribution in [2.24, 2.45) is 11.7 Å². The molecule has 0 radical (unpaired) electrons. The van der Waals surface area contributed by atoms with E-state index in [1.165, 1.54) is 25.7 Å². The van der Waals surface area contributed by atoms with Crippen molar-refractivity contribution >= 4 is 0 Å². The van der Waals surface area contributed by atoms with E-state index in [2.05, 4.69) is 25.7 Å². The van der Waals surface area contributed by atoms with Crippen LogP contribution in [-0.2, 0) is 4.74 Å². The van der Waals surface area contributed by atoms with Gasteiger partial charge in [0, 0.05) is 24.7 Å². The van der Waals surface area contributed by atoms with Gasteiger partial charge in [-0.1, -0.05) is 19.8 Å². The molecular weight excluding hydrogens is 212 g/mol. The summed E-state index contributed by atoms with van der Waals surface area (Å²) in [6.07, 6.45) is 5.65. The van der Waals surface area contributed by atoms with Crippen LogP contribution >= 0.6 is 0 Å². The highest BCUT2D eigenvalue weighted by atomic mass is 16.5. The second-order valence-corrected chi connectivity index (χ2v) is 6.10. The molecule has 4 unspecified atom stereocenters. The molecule has 2 aliphatic rings. The lowest BCUT2D eigenvalue weighted by Crippen LogP contribution is -2.65. The smallest absolute Gasteiger partial charge is 0.0675 e. The number of hydrogen-bond acceptors (Lipinski definition) is 3. The van der Waals surface area contributed by atoms with Crippen LogP contribution in [0.4, 0.5) is 0 Å². The molecule has 0 aromatic carbocycles. The number of nitrogens with two attached hydrogens (primary N) is 1. The summed E-state index contributed by atoms with van der Waals surface area (Å²) in [4.78, 5) is 2.66. The Morgan fingerprint density at radius 3 is 2.71 bits per heavy atom. The number of morpholine rings is 1. The third-order valence-electron chi connectivity index (χ3n) is 4.95. The van der Waals surface area contributed by atoms with Gasteiger partial charge in [-0.15, -0.1) is 0 Å². The zero-order valence-corrected chi connectivity index (χ0v) is 11.6. The normalized spacial score (nSPS) is 44.8. The first kappa shape index (κ1) is 13.3. The maximum atomic E-state index is 6.18. The predicted molar refractivity (Wildman–Crippen MR) is 71.0 cm³/mol. The van der Waals surface area contributed by atoms with E-state index in [4.69, 9.17) is 10.5 Å². The minimum atomic E-state index is 0.232. The van der Waals surface area contributed by atoms with Crippen LogP contribution in [0.2, 0.25) is 0 Å². The van der Waals surface area contributed by atoms with Crippen LogP contribution < -0.4 is 5.73 Å². The Morgan fingerprint density at radius 1 is 1.29 bits per heavy atom. The van der Waals surface area contributed by atoms with E-state index in [1.807, 2.05) is 0 Å². The average Bonchev–Trinajstić information content (AvgIpc) is 2.33. The van der Waals surface area contributed by atoms with Crippen molar-refractivity contribution in [3.8, 4) is 0 Å². The van der Waals surface area contributed by atoms with Crippen LogP contribution in [0.3, 0.4) is 0 Å². The molecule has 3 heteroatoms. The van der Waals surface area contributed by atoms with Gasteiger partial charge < -0.3 is 10.5 Å². The molecule has 0 aromatic rings. The molecule has 0 aromatic heterocycles. The lowest BCUT2D eigenvalue weighted by Gasteiger charge is -2.54. The van der Waals surface area contributed by atoms with Gasteiger partial charge in [-0.2, -0.15) is 0 Å². The van der Waals surface area contributed by atoms with Crippen molar-refractivity contribution in [3.05, 3.63) is 0 Å². The van der Waals surface area contributed by atoms with Gasteiger partial charge in [0.15, 0.2) is 0 Å². The molecule has 2 N–H and O–H groups in total. The molecule has 3 nitrogen and oxygen atoms in total. The van der Waals surface area contributed by atoms with E-state index in [0.29, 0.717) is 18.1 Å². The van der Waals surface area contributed by atoms with Crippen molar-refractivity contribution in [1.29, 1.82) is 0 Å². The standard InChI is InChI=1S/C14H28N2O/c1-11-6-4-5-7-14(11,10-15)16-8-13(3)17-9-12(16)2/h11-13H,4-10,15H2,1-3H3. The fraction of sp³-hybridized carbons (Fsp3) is 1.00. The van der Waals surface area contributed by atoms with E-state index < -0.39 is 0 Å². The summed E-state index contributed by atoms with van der Waals surface area (Å²) >= 11 is 0. The molecular formula is C14H28N2O. The van der Waals surface area contributed by atoms with Crippen molar-refractivity contribution in [2.45, 2.75) is 64.1 Å². The van der Waals surface area contributed by atoms with E-state index in [9.17, 15) is 0 Å². The molecule has 17 heavy (non-hydrogen) atoms. The lowest BCUT2D eigenvalue weighted by molar-refractivity contribution is -0.115. The van der Waals surface area contributed by atoms with Crippen molar-refractivity contribution in [1.82, 2.24) is 4.90 Å². The average molecular weight is 240 g/mol. The van der Waals surface area contributed by atoms with Crippen LogP contribution in [-0.4, -0.2) is 42.3 Å². The molecule has 0 bridgehead atoms. The summed E-state index contributed by atoms with van der Waals surface area (Å²) in [7, 11) is 0. The second kappa shape index (κ2) is 5.25. The Bertz CT molecular complexity index is 259. The quantitative estimate of drug-likeness (QED) is 0.802. The molecule has 2 fully saturated rings. The Hall–Kier alpha value is -0.120. The summed E-state index contributed by atoms with van der Waals surface area (Å²) in [5.74, 6) is 0.717. The van der Waals surface area contributed by atoms with Gasteiger partial charge in [0.25, 0.3) is 0 Å². The van der Waals surface area contributed by atoms with Gasteiger partial charge in [-0.3, -0.25) is 4.90 Å². The first-order valence-corrected chi connectivity index (χ1v) is 7.18. The Morgan fingerprint density at radius 2 is 2.06 bits per heavy atom. The Balaban J connectivity index is 2.20. The van der Waals surface area contributed by atoms with E-state index in [-0.39, 0.29) is 5.54 Å². The summed E-state index contributed by atoms with van der Waals surface area (Å²) in [6.45, 7) is 9.55. The van der Waals surface area contributed by atoms with Crippen LogP contribution in [0.5, 0.6) is 0 Å². The first-order chi connectivity index (χ1) is 8.10. The van der Waals surface area contributed by atoms with E-state index in [1.54, 1.807) is 0 Å². The number of hydrogen-bond donors (Lipinski definition) is 1. The largest absolute Gasteiger partial charge is 0.376 e. The van der Waals surface area contributed by atoms with Crippen LogP contribution in [0, 0.1) is 5.92 Å². The SMILES string of the molecule is CC1CN(C2(CN)CCCCC2C)C(C)CO1. The highest BCUT2D eigenvalue weighted by molar-refractivity contribution is 5.01. The van der Waals surface area contributed by atoms with Crippen LogP contribution in [0.25, 0.3) is 0 Å². The summed E-state index contributed by atoms with van der Waals surface area (Å²) in [6, 6.07) is 0.510. The molecule has 1 aliphatic heterocycles. The monoisotopic (exact) mass is 240 g/mol. The summed E-state index contributed by atoms with van der Waals surface area (Å²) in [5.41, 5.74) is 6.42. The highest BCUT2D eigenvalue weighted by Crippen LogP contribution is 2.39. The van der Waals surface area contributed by atoms with Crippen molar-refractivity contribution < 1.29 is 4.74 Å². The van der Waals surface area contributed by atoms with Crippen molar-refractivity contribution in [3.63, 3.8) is 0 Å². The summed E-state index contributed by atoms with van der Waals surface area (Å²) < 4.78 is 5.75. The van der Waals surface area contributed by atoms with E-state index >= 15 is 0 Å². The zero-order valence-electron chi connectivity index (χ0n) is 11.6. The van der Waals surface area contributed by atoms with Crippen molar-refractivity contribution in [2.75, 3.05) is 19.7 Å². The molecule has 0 amide bonds. The fourth-order valence-electron chi connectivity index (χ4n) is 3.77. The second-order valence-electron chi connectivity index (χ2n) is 6.10. The third kappa shape index (κ3) is 2.38. The molecule has 1 saturated heterocycles. The van der Waals surface area contributed by atoms with Crippen LogP contribution in [0.15, 0.2) is 0 Å². The molecule has 1 aliphatic carbocycles. The molecule has 100 valence electrons. The number of ether oxygens (including phenoxy) is 1. The molecule has 2 rings (SSSR count). The fourth-order valence-corrected chi connectivity index (χ4v) is 3.77. The summed E-state index contributed by atoms with van der Waals surface area (Å²) in [5, 5.41) is 0. The highest BCUT2D eigenvalue weighted by Gasteiger charge is 2.45. The number of rotatable bonds is 2. The maximum Gasteiger partial charge on any atom is 0.0675 e. The maximum absolute atomic E-state index is 6.18. The van der Waals surface area contributed by atoms with Crippen LogP contribution in [0.1, 0.15) is 46.5 Å². The molecule has 4 atom stereocenters. The molecule has 0 spiro atoms. The number of nitrogens with zero attached hydrogens (tertiary/aromatic N) is 1. The van der Waals surface area contributed by atoms with Gasteiger partial charge in [0.1, 0.15) is 0 Å². The minimum absolute atomic E-state index is 0.232. The van der Waals surface area contributed by atoms with Gasteiger partial charge in [0.2, 0.25) is 0 Å². The topological polar surface area (TPSA) is 38.5 Å². The van der Waals surface area contributed by atoms with E-state index in [0.717, 1.165) is 19.7 Å². The lowest BCUT2D eigenvalue weighted by atomic mass is 9.71. The van der Waals surface area contributed by atoms with Gasteiger partial charge >= 0.3 is 0 Å². The third-order valence-corrected chi connectivity index (χ3v) is 4.95. The molecule has 1 heterocycles. The predicted octanol–water partition coefficient (Wildman–Crippen LogP) is 2.00. The zero-order chi connectivity index (χ0) is 12.5. The molecule has 1 saturated carbocycles. The van der Waals surface area contributed by atoms with Gasteiger partial charge in [-0.05, 0) is 32.6 Å².